The quantitative estimate of drug-likeness (QED) is 0.381. The molecule has 3 heterocycles. The van der Waals surface area contributed by atoms with Crippen molar-refractivity contribution < 1.29 is 41.9 Å². The van der Waals surface area contributed by atoms with Crippen molar-refractivity contribution in [3.8, 4) is 0 Å². The Balaban J connectivity index is 1.41. The molecule has 1 aromatic carbocycles. The Labute approximate surface area is 303 Å². The molecule has 5 rings (SSSR count). The maximum atomic E-state index is 14.3. The molecule has 0 radical (unpaired) electrons. The lowest BCUT2D eigenvalue weighted by atomic mass is 10.0. The molecule has 15 nitrogen and oxygen atoms in total. The van der Waals surface area contributed by atoms with E-state index in [1.54, 1.807) is 39.0 Å². The molecule has 0 bridgehead atoms. The molecular formula is C34H47ClN6O9S. The van der Waals surface area contributed by atoms with Crippen molar-refractivity contribution in [2.24, 2.45) is 5.92 Å². The van der Waals surface area contributed by atoms with E-state index in [2.05, 4.69) is 15.4 Å². The lowest BCUT2D eigenvalue weighted by Crippen LogP contribution is -2.58. The molecule has 3 N–H and O–H groups in total. The number of allylic oxidation sites excluding steroid dienone is 1. The summed E-state index contributed by atoms with van der Waals surface area (Å²) in [5.74, 6) is -2.68. The SMILES string of the molecule is CN(C)S(=O)(=O)NC(=O)[C@@]12C[C@H]1C=CCCCCC[C@H](NC(=O)OC(C)(C)C)C(=O)N1C[C@H](OC(=O)N3Cc4ccc(Cl)cc4C3)C[C@H]1C(=O)N2. The lowest BCUT2D eigenvalue weighted by Gasteiger charge is -2.30. The molecule has 280 valence electrons. The van der Waals surface area contributed by atoms with E-state index in [0.717, 1.165) is 28.3 Å². The molecule has 0 spiro atoms. The number of hydrogen-bond donors (Lipinski definition) is 3. The monoisotopic (exact) mass is 750 g/mol. The number of halogens is 1. The second-order valence-electron chi connectivity index (χ2n) is 14.8. The van der Waals surface area contributed by atoms with Crippen LogP contribution in [0.25, 0.3) is 0 Å². The van der Waals surface area contributed by atoms with Gasteiger partial charge >= 0.3 is 22.4 Å². The number of nitrogens with one attached hydrogen (secondary N) is 3. The van der Waals surface area contributed by atoms with Crippen LogP contribution in [0.4, 0.5) is 9.59 Å². The zero-order valence-electron chi connectivity index (χ0n) is 29.6. The van der Waals surface area contributed by atoms with Gasteiger partial charge in [-0.15, -0.1) is 0 Å². The van der Waals surface area contributed by atoms with Crippen molar-refractivity contribution in [3.05, 3.63) is 46.5 Å². The van der Waals surface area contributed by atoms with Crippen molar-refractivity contribution in [2.45, 2.75) is 108 Å². The van der Waals surface area contributed by atoms with Gasteiger partial charge in [-0.1, -0.05) is 42.7 Å². The van der Waals surface area contributed by atoms with Gasteiger partial charge in [0.1, 0.15) is 29.3 Å². The zero-order valence-corrected chi connectivity index (χ0v) is 31.1. The first kappa shape index (κ1) is 38.3. The summed E-state index contributed by atoms with van der Waals surface area (Å²) in [4.78, 5) is 71.0. The summed E-state index contributed by atoms with van der Waals surface area (Å²) in [6, 6.07) is 3.10. The number of rotatable bonds is 5. The second-order valence-corrected chi connectivity index (χ2v) is 17.1. The summed E-state index contributed by atoms with van der Waals surface area (Å²) >= 11 is 6.14. The number of nitrogens with zero attached hydrogens (tertiary/aromatic N) is 3. The number of alkyl carbamates (subject to hydrolysis) is 1. The first-order valence-corrected chi connectivity index (χ1v) is 19.0. The average Bonchev–Trinajstić information content (AvgIpc) is 3.33. The van der Waals surface area contributed by atoms with Crippen molar-refractivity contribution in [2.75, 3.05) is 20.6 Å². The molecule has 0 unspecified atom stereocenters. The predicted octanol–water partition coefficient (Wildman–Crippen LogP) is 2.97. The van der Waals surface area contributed by atoms with Crippen LogP contribution in [-0.2, 0) is 47.2 Å². The molecule has 1 aliphatic carbocycles. The molecule has 2 fully saturated rings. The number of carbonyl (C=O) groups is 5. The highest BCUT2D eigenvalue weighted by Crippen LogP contribution is 2.46. The van der Waals surface area contributed by atoms with Crippen molar-refractivity contribution >= 4 is 51.7 Å². The number of benzene rings is 1. The maximum Gasteiger partial charge on any atom is 0.410 e. The van der Waals surface area contributed by atoms with Crippen LogP contribution in [-0.4, -0.2) is 102 Å². The minimum Gasteiger partial charge on any atom is -0.444 e. The number of amides is 5. The van der Waals surface area contributed by atoms with Crippen molar-refractivity contribution in [1.29, 1.82) is 0 Å². The van der Waals surface area contributed by atoms with Gasteiger partial charge in [0.2, 0.25) is 11.8 Å². The van der Waals surface area contributed by atoms with Crippen LogP contribution >= 0.6 is 11.6 Å². The number of ether oxygens (including phenoxy) is 2. The molecule has 1 saturated carbocycles. The largest absolute Gasteiger partial charge is 0.444 e. The van der Waals surface area contributed by atoms with Crippen molar-refractivity contribution in [3.63, 3.8) is 0 Å². The van der Waals surface area contributed by atoms with Gasteiger partial charge in [0, 0.05) is 44.5 Å². The van der Waals surface area contributed by atoms with Gasteiger partial charge in [0.15, 0.2) is 0 Å². The Morgan fingerprint density at radius 2 is 1.80 bits per heavy atom. The van der Waals surface area contributed by atoms with Crippen LogP contribution < -0.4 is 15.4 Å². The van der Waals surface area contributed by atoms with Gasteiger partial charge in [0.25, 0.3) is 5.91 Å². The van der Waals surface area contributed by atoms with Crippen LogP contribution in [0.15, 0.2) is 30.4 Å². The van der Waals surface area contributed by atoms with E-state index in [4.69, 9.17) is 21.1 Å². The Hall–Kier alpha value is -3.89. The highest BCUT2D eigenvalue weighted by molar-refractivity contribution is 7.87. The topological polar surface area (TPSA) is 184 Å². The van der Waals surface area contributed by atoms with Gasteiger partial charge in [-0.3, -0.25) is 19.3 Å². The predicted molar refractivity (Wildman–Crippen MR) is 186 cm³/mol. The molecule has 0 aromatic heterocycles. The highest BCUT2D eigenvalue weighted by atomic mass is 35.5. The Morgan fingerprint density at radius 1 is 1.08 bits per heavy atom. The van der Waals surface area contributed by atoms with Gasteiger partial charge in [-0.25, -0.2) is 14.3 Å². The molecule has 5 amide bonds. The smallest absolute Gasteiger partial charge is 0.410 e. The maximum absolute atomic E-state index is 14.3. The minimum atomic E-state index is -4.18. The Bertz CT molecular complexity index is 1700. The van der Waals surface area contributed by atoms with Gasteiger partial charge < -0.3 is 25.0 Å². The number of carbonyl (C=O) groups excluding carboxylic acids is 5. The fraction of sp³-hybridized carbons (Fsp3) is 0.618. The van der Waals surface area contributed by atoms with Crippen LogP contribution in [0.2, 0.25) is 5.02 Å². The fourth-order valence-electron chi connectivity index (χ4n) is 6.62. The normalized spacial score (nSPS) is 27.0. The third-order valence-corrected chi connectivity index (χ3v) is 11.1. The third kappa shape index (κ3) is 9.13. The lowest BCUT2D eigenvalue weighted by molar-refractivity contribution is -0.141. The van der Waals surface area contributed by atoms with Gasteiger partial charge in [-0.05, 0) is 69.7 Å². The van der Waals surface area contributed by atoms with Crippen LogP contribution in [0.3, 0.4) is 0 Å². The average molecular weight is 751 g/mol. The Kier molecular flexibility index (Phi) is 11.3. The van der Waals surface area contributed by atoms with Crippen LogP contribution in [0.1, 0.15) is 76.8 Å². The summed E-state index contributed by atoms with van der Waals surface area (Å²) in [7, 11) is -1.64. The third-order valence-electron chi connectivity index (χ3n) is 9.45. The van der Waals surface area contributed by atoms with Crippen LogP contribution in [0, 0.1) is 5.92 Å². The second kappa shape index (κ2) is 15.0. The minimum absolute atomic E-state index is 0.0940. The molecule has 51 heavy (non-hydrogen) atoms. The summed E-state index contributed by atoms with van der Waals surface area (Å²) < 4.78 is 39.4. The van der Waals surface area contributed by atoms with E-state index in [1.807, 2.05) is 12.1 Å². The number of hydrogen-bond acceptors (Lipinski definition) is 9. The summed E-state index contributed by atoms with van der Waals surface area (Å²) in [5, 5.41) is 5.99. The molecule has 5 atom stereocenters. The van der Waals surface area contributed by atoms with Crippen molar-refractivity contribution in [1.82, 2.24) is 29.5 Å². The van der Waals surface area contributed by atoms with E-state index < -0.39 is 75.4 Å². The molecular weight excluding hydrogens is 704 g/mol. The number of fused-ring (bicyclic) bond motifs is 3. The summed E-state index contributed by atoms with van der Waals surface area (Å²) in [6.07, 6.45) is 4.42. The van der Waals surface area contributed by atoms with E-state index in [1.165, 1.54) is 23.9 Å². The molecule has 17 heteroatoms. The molecule has 4 aliphatic rings. The van der Waals surface area contributed by atoms with E-state index >= 15 is 0 Å². The summed E-state index contributed by atoms with van der Waals surface area (Å²) in [5.41, 5.74) is -0.604. The molecule has 1 saturated heterocycles. The van der Waals surface area contributed by atoms with Crippen LogP contribution in [0.5, 0.6) is 0 Å². The van der Waals surface area contributed by atoms with E-state index in [9.17, 15) is 32.4 Å². The fourth-order valence-corrected chi connectivity index (χ4v) is 7.42. The Morgan fingerprint density at radius 3 is 2.51 bits per heavy atom. The first-order valence-electron chi connectivity index (χ1n) is 17.1. The molecule has 1 aromatic rings. The van der Waals surface area contributed by atoms with E-state index in [0.29, 0.717) is 24.4 Å². The van der Waals surface area contributed by atoms with Gasteiger partial charge in [-0.2, -0.15) is 12.7 Å². The standard InChI is InChI=1S/C34H47ClN6O9S/c1-33(2,3)50-31(45)36-26-12-10-8-6-7-9-11-23-17-34(23,30(44)38-51(47,48)39(4)5)37-28(42)27-16-25(20-41(27)29(26)43)49-32(46)40-18-21-13-14-24(35)15-22(21)19-40/h9,11,13-15,23,25-27H,6-8,10,12,16-20H2,1-5H3,(H,36,45)(H,37,42)(H,38,44)/t23-,25-,26+,27+,34-/m1/s1. The van der Waals surface area contributed by atoms with E-state index in [-0.39, 0.29) is 32.4 Å². The molecule has 3 aliphatic heterocycles. The zero-order chi connectivity index (χ0) is 37.3. The summed E-state index contributed by atoms with van der Waals surface area (Å²) in [6.45, 7) is 5.53. The first-order chi connectivity index (χ1) is 23.9. The highest BCUT2D eigenvalue weighted by Gasteiger charge is 2.62. The van der Waals surface area contributed by atoms with Gasteiger partial charge in [0.05, 0.1) is 6.54 Å².